The largest absolute Gasteiger partial charge is 0.490 e. The zero-order valence-electron chi connectivity index (χ0n) is 17.4. The molecule has 0 spiro atoms. The Morgan fingerprint density at radius 2 is 1.74 bits per heavy atom. The molecule has 0 N–H and O–H groups in total. The summed E-state index contributed by atoms with van der Waals surface area (Å²) in [5.41, 5.74) is 1.98. The summed E-state index contributed by atoms with van der Waals surface area (Å²) in [4.78, 5) is 0. The zero-order chi connectivity index (χ0) is 21.6. The molecule has 0 aliphatic heterocycles. The monoisotopic (exact) mass is 542 g/mol. The summed E-state index contributed by atoms with van der Waals surface area (Å²) in [6, 6.07) is 22.4. The van der Waals surface area contributed by atoms with Gasteiger partial charge in [0.2, 0.25) is 5.88 Å². The van der Waals surface area contributed by atoms with Crippen LogP contribution in [0.1, 0.15) is 19.8 Å². The predicted octanol–water partition coefficient (Wildman–Crippen LogP) is 7.49. The van der Waals surface area contributed by atoms with E-state index in [1.54, 1.807) is 0 Å². The Bertz CT molecular complexity index is 1160. The molecule has 0 amide bonds. The van der Waals surface area contributed by atoms with Crippen LogP contribution in [0.3, 0.4) is 0 Å². The Hall–Kier alpha value is -2.31. The molecule has 6 heteroatoms. The standard InChI is InChI=1S/C25H24Br2N2O2/c1-2-3-14-31-24-17-22(18-7-5-4-6-8-18)28-29(24)13-15-30-23-12-9-19-16-20(26)10-11-21(19)25(23)27/h4-12,16-17H,2-3,13-15H2,1H3. The molecular formula is C25H24Br2N2O2. The van der Waals surface area contributed by atoms with Crippen LogP contribution in [-0.2, 0) is 6.54 Å². The van der Waals surface area contributed by atoms with Crippen LogP contribution in [0.15, 0.2) is 75.7 Å². The van der Waals surface area contributed by atoms with Crippen molar-refractivity contribution in [3.8, 4) is 22.9 Å². The highest BCUT2D eigenvalue weighted by Gasteiger charge is 2.12. The van der Waals surface area contributed by atoms with E-state index in [0.29, 0.717) is 19.8 Å². The van der Waals surface area contributed by atoms with Crippen LogP contribution in [0.2, 0.25) is 0 Å². The van der Waals surface area contributed by atoms with Gasteiger partial charge in [0.1, 0.15) is 12.4 Å². The molecule has 1 heterocycles. The molecule has 0 radical (unpaired) electrons. The van der Waals surface area contributed by atoms with Gasteiger partial charge in [-0.2, -0.15) is 5.10 Å². The summed E-state index contributed by atoms with van der Waals surface area (Å²) in [7, 11) is 0. The third-order valence-corrected chi connectivity index (χ3v) is 6.31. The highest BCUT2D eigenvalue weighted by molar-refractivity contribution is 9.11. The number of ether oxygens (including phenoxy) is 2. The summed E-state index contributed by atoms with van der Waals surface area (Å²) >= 11 is 7.22. The number of unbranched alkanes of at least 4 members (excludes halogenated alkanes) is 1. The fraction of sp³-hybridized carbons (Fsp3) is 0.240. The van der Waals surface area contributed by atoms with E-state index in [0.717, 1.165) is 55.4 Å². The molecule has 1 aromatic heterocycles. The van der Waals surface area contributed by atoms with Crippen LogP contribution in [0.5, 0.6) is 11.6 Å². The molecule has 4 rings (SSSR count). The van der Waals surface area contributed by atoms with Crippen LogP contribution < -0.4 is 9.47 Å². The van der Waals surface area contributed by atoms with Crippen molar-refractivity contribution in [2.75, 3.05) is 13.2 Å². The van der Waals surface area contributed by atoms with Gasteiger partial charge in [0, 0.05) is 16.1 Å². The van der Waals surface area contributed by atoms with Crippen LogP contribution in [0.25, 0.3) is 22.0 Å². The van der Waals surface area contributed by atoms with E-state index in [4.69, 9.17) is 14.6 Å². The normalized spacial score (nSPS) is 11.1. The van der Waals surface area contributed by atoms with Crippen molar-refractivity contribution in [2.24, 2.45) is 0 Å². The highest BCUT2D eigenvalue weighted by Crippen LogP contribution is 2.34. The van der Waals surface area contributed by atoms with Crippen molar-refractivity contribution >= 4 is 42.6 Å². The Balaban J connectivity index is 1.49. The topological polar surface area (TPSA) is 36.3 Å². The Morgan fingerprint density at radius 3 is 2.55 bits per heavy atom. The number of rotatable bonds is 9. The minimum absolute atomic E-state index is 0.487. The van der Waals surface area contributed by atoms with E-state index in [1.807, 2.05) is 41.1 Å². The quantitative estimate of drug-likeness (QED) is 0.205. The first kappa shape index (κ1) is 21.9. The van der Waals surface area contributed by atoms with Gasteiger partial charge in [0.05, 0.1) is 23.3 Å². The molecule has 0 aliphatic carbocycles. The second-order valence-electron chi connectivity index (χ2n) is 7.25. The molecule has 160 valence electrons. The molecular weight excluding hydrogens is 520 g/mol. The average Bonchev–Trinajstić information content (AvgIpc) is 3.19. The second kappa shape index (κ2) is 10.3. The van der Waals surface area contributed by atoms with Crippen LogP contribution in [-0.4, -0.2) is 23.0 Å². The van der Waals surface area contributed by atoms with E-state index in [2.05, 4.69) is 69.1 Å². The van der Waals surface area contributed by atoms with Gasteiger partial charge in [-0.15, -0.1) is 0 Å². The molecule has 0 bridgehead atoms. The molecule has 0 saturated heterocycles. The number of nitrogens with zero attached hydrogens (tertiary/aromatic N) is 2. The van der Waals surface area contributed by atoms with Crippen molar-refractivity contribution in [1.29, 1.82) is 0 Å². The zero-order valence-corrected chi connectivity index (χ0v) is 20.5. The molecule has 0 unspecified atom stereocenters. The Morgan fingerprint density at radius 1 is 0.903 bits per heavy atom. The van der Waals surface area contributed by atoms with Crippen molar-refractivity contribution in [3.63, 3.8) is 0 Å². The first-order chi connectivity index (χ1) is 15.2. The maximum Gasteiger partial charge on any atom is 0.212 e. The third kappa shape index (κ3) is 5.31. The van der Waals surface area contributed by atoms with Crippen molar-refractivity contribution in [2.45, 2.75) is 26.3 Å². The van der Waals surface area contributed by atoms with Crippen LogP contribution in [0.4, 0.5) is 0 Å². The predicted molar refractivity (Wildman–Crippen MR) is 133 cm³/mol. The average molecular weight is 544 g/mol. The summed E-state index contributed by atoms with van der Waals surface area (Å²) in [5, 5.41) is 7.04. The molecule has 31 heavy (non-hydrogen) atoms. The number of benzene rings is 3. The molecule has 3 aromatic carbocycles. The minimum atomic E-state index is 0.487. The minimum Gasteiger partial charge on any atom is -0.490 e. The van der Waals surface area contributed by atoms with E-state index in [-0.39, 0.29) is 0 Å². The summed E-state index contributed by atoms with van der Waals surface area (Å²) in [6.45, 7) is 3.92. The van der Waals surface area contributed by atoms with Gasteiger partial charge in [0.25, 0.3) is 0 Å². The maximum absolute atomic E-state index is 6.10. The van der Waals surface area contributed by atoms with E-state index in [1.165, 1.54) is 0 Å². The van der Waals surface area contributed by atoms with Gasteiger partial charge in [-0.05, 0) is 51.3 Å². The lowest BCUT2D eigenvalue weighted by Crippen LogP contribution is -2.12. The second-order valence-corrected chi connectivity index (χ2v) is 8.96. The summed E-state index contributed by atoms with van der Waals surface area (Å²) < 4.78 is 16.0. The lowest BCUT2D eigenvalue weighted by atomic mass is 10.1. The number of fused-ring (bicyclic) bond motifs is 1. The number of aromatic nitrogens is 2. The van der Waals surface area contributed by atoms with Gasteiger partial charge in [-0.1, -0.05) is 71.7 Å². The van der Waals surface area contributed by atoms with E-state index in [9.17, 15) is 0 Å². The maximum atomic E-state index is 6.10. The lowest BCUT2D eigenvalue weighted by molar-refractivity contribution is 0.249. The molecule has 0 saturated carbocycles. The van der Waals surface area contributed by atoms with Crippen molar-refractivity contribution in [3.05, 3.63) is 75.7 Å². The third-order valence-electron chi connectivity index (χ3n) is 5.00. The van der Waals surface area contributed by atoms with Crippen molar-refractivity contribution < 1.29 is 9.47 Å². The van der Waals surface area contributed by atoms with E-state index < -0.39 is 0 Å². The fourth-order valence-corrected chi connectivity index (χ4v) is 4.33. The Kier molecular flexibility index (Phi) is 7.30. The number of halogens is 2. The molecule has 0 aliphatic rings. The molecule has 0 atom stereocenters. The van der Waals surface area contributed by atoms with Gasteiger partial charge in [-0.3, -0.25) is 0 Å². The first-order valence-corrected chi connectivity index (χ1v) is 12.0. The molecule has 4 aromatic rings. The van der Waals surface area contributed by atoms with Crippen LogP contribution >= 0.6 is 31.9 Å². The molecule has 0 fully saturated rings. The number of hydrogen-bond acceptors (Lipinski definition) is 3. The highest BCUT2D eigenvalue weighted by atomic mass is 79.9. The van der Waals surface area contributed by atoms with Crippen molar-refractivity contribution in [1.82, 2.24) is 9.78 Å². The van der Waals surface area contributed by atoms with Gasteiger partial charge in [0.15, 0.2) is 0 Å². The first-order valence-electron chi connectivity index (χ1n) is 10.4. The Labute approximate surface area is 199 Å². The summed E-state index contributed by atoms with van der Waals surface area (Å²) in [6.07, 6.45) is 2.11. The van der Waals surface area contributed by atoms with Gasteiger partial charge < -0.3 is 9.47 Å². The lowest BCUT2D eigenvalue weighted by Gasteiger charge is -2.12. The van der Waals surface area contributed by atoms with E-state index >= 15 is 0 Å². The number of hydrogen-bond donors (Lipinski definition) is 0. The SMILES string of the molecule is CCCCOc1cc(-c2ccccc2)nn1CCOc1ccc2cc(Br)ccc2c1Br. The summed E-state index contributed by atoms with van der Waals surface area (Å²) in [5.74, 6) is 1.59. The molecule has 4 nitrogen and oxygen atoms in total. The fourth-order valence-electron chi connectivity index (χ4n) is 3.34. The van der Waals surface area contributed by atoms with Gasteiger partial charge >= 0.3 is 0 Å². The smallest absolute Gasteiger partial charge is 0.212 e. The van der Waals surface area contributed by atoms with Crippen LogP contribution in [0, 0.1) is 0 Å². The van der Waals surface area contributed by atoms with Gasteiger partial charge in [-0.25, -0.2) is 4.68 Å².